The van der Waals surface area contributed by atoms with Crippen LogP contribution in [0.5, 0.6) is 0 Å². The van der Waals surface area contributed by atoms with Gasteiger partial charge in [0, 0.05) is 23.0 Å². The molecule has 4 nitrogen and oxygen atoms in total. The number of fused-ring (bicyclic) bond motifs is 3. The van der Waals surface area contributed by atoms with Crippen molar-refractivity contribution in [3.05, 3.63) is 65.8 Å². The number of aromatic nitrogens is 2. The standard InChI is InChI=1S/C19H14N3O/c1-12-6-4-5-7-14(12)17-18-15(8-9-22(17)3)16-10-13(20-2)11-21-19(16)23-18/h4-11H,1,3H3/q+1. The van der Waals surface area contributed by atoms with Gasteiger partial charge in [0.15, 0.2) is 6.20 Å². The fraction of sp³-hybridized carbons (Fsp3) is 0.105. The first-order valence-electron chi connectivity index (χ1n) is 7.33. The number of rotatable bonds is 1. The monoisotopic (exact) mass is 300 g/mol. The number of benzene rings is 1. The molecule has 0 fully saturated rings. The summed E-state index contributed by atoms with van der Waals surface area (Å²) in [6.45, 7) is 9.26. The molecule has 23 heavy (non-hydrogen) atoms. The van der Waals surface area contributed by atoms with Gasteiger partial charge in [-0.05, 0) is 24.6 Å². The SMILES string of the molecule is [C-]#[N+]c1cnc2oc3c(-c4ccccc4C)[n+](C)ccc3c2c1. The van der Waals surface area contributed by atoms with Gasteiger partial charge in [-0.3, -0.25) is 0 Å². The van der Waals surface area contributed by atoms with Gasteiger partial charge in [-0.25, -0.2) is 9.83 Å². The molecule has 0 N–H and O–H groups in total. The Hall–Kier alpha value is -3.19. The highest BCUT2D eigenvalue weighted by molar-refractivity contribution is 6.07. The third-order valence-electron chi connectivity index (χ3n) is 4.13. The molecule has 1 aromatic carbocycles. The van der Waals surface area contributed by atoms with Crippen LogP contribution in [0.25, 0.3) is 38.2 Å². The largest absolute Gasteiger partial charge is 0.431 e. The lowest BCUT2D eigenvalue weighted by Gasteiger charge is -2.04. The van der Waals surface area contributed by atoms with Crippen molar-refractivity contribution in [2.24, 2.45) is 7.05 Å². The average molecular weight is 300 g/mol. The second kappa shape index (κ2) is 4.92. The Kier molecular flexibility index (Phi) is 2.88. The third-order valence-corrected chi connectivity index (χ3v) is 4.13. The molecule has 0 amide bonds. The normalized spacial score (nSPS) is 11.0. The van der Waals surface area contributed by atoms with E-state index in [4.69, 9.17) is 11.0 Å². The molecule has 0 aliphatic carbocycles. The Bertz CT molecular complexity index is 1100. The molecule has 3 heterocycles. The number of furan rings is 1. The van der Waals surface area contributed by atoms with Gasteiger partial charge in [-0.1, -0.05) is 18.2 Å². The molecule has 0 radical (unpaired) electrons. The lowest BCUT2D eigenvalue weighted by molar-refractivity contribution is -0.659. The molecule has 3 aromatic heterocycles. The molecule has 0 bridgehead atoms. The predicted molar refractivity (Wildman–Crippen MR) is 89.1 cm³/mol. The molecule has 0 atom stereocenters. The van der Waals surface area contributed by atoms with E-state index in [1.807, 2.05) is 37.5 Å². The number of pyridine rings is 2. The second-order valence-electron chi connectivity index (χ2n) is 5.59. The topological polar surface area (TPSA) is 34.3 Å². The van der Waals surface area contributed by atoms with Crippen LogP contribution in [0, 0.1) is 13.5 Å². The van der Waals surface area contributed by atoms with Crippen LogP contribution in [0.3, 0.4) is 0 Å². The summed E-state index contributed by atoms with van der Waals surface area (Å²) in [6, 6.07) is 12.1. The van der Waals surface area contributed by atoms with E-state index in [1.54, 1.807) is 6.20 Å². The van der Waals surface area contributed by atoms with Gasteiger partial charge in [-0.15, -0.1) is 0 Å². The summed E-state index contributed by atoms with van der Waals surface area (Å²) >= 11 is 0. The molecule has 4 rings (SSSR count). The first-order valence-corrected chi connectivity index (χ1v) is 7.33. The van der Waals surface area contributed by atoms with Crippen molar-refractivity contribution in [3.63, 3.8) is 0 Å². The molecule has 4 heteroatoms. The smallest absolute Gasteiger partial charge is 0.256 e. The van der Waals surface area contributed by atoms with Gasteiger partial charge < -0.3 is 4.42 Å². The van der Waals surface area contributed by atoms with Crippen molar-refractivity contribution < 1.29 is 8.98 Å². The zero-order valence-electron chi connectivity index (χ0n) is 12.9. The Balaban J connectivity index is 2.15. The van der Waals surface area contributed by atoms with E-state index in [2.05, 4.69) is 33.5 Å². The maximum atomic E-state index is 7.17. The van der Waals surface area contributed by atoms with Crippen molar-refractivity contribution in [1.82, 2.24) is 4.98 Å². The van der Waals surface area contributed by atoms with Crippen molar-refractivity contribution in [2.75, 3.05) is 0 Å². The predicted octanol–water partition coefficient (Wildman–Crippen LogP) is 4.33. The van der Waals surface area contributed by atoms with Crippen LogP contribution in [-0.2, 0) is 7.05 Å². The molecular formula is C19H14N3O+. The fourth-order valence-electron chi connectivity index (χ4n) is 2.96. The molecular weight excluding hydrogens is 286 g/mol. The molecule has 0 aliphatic heterocycles. The zero-order chi connectivity index (χ0) is 16.0. The maximum absolute atomic E-state index is 7.17. The summed E-state index contributed by atoms with van der Waals surface area (Å²) in [5.74, 6) is 0. The Morgan fingerprint density at radius 2 is 2.00 bits per heavy atom. The molecule has 0 spiro atoms. The Labute approximate surface area is 133 Å². The highest BCUT2D eigenvalue weighted by Crippen LogP contribution is 2.35. The van der Waals surface area contributed by atoms with E-state index in [1.165, 1.54) is 5.56 Å². The lowest BCUT2D eigenvalue weighted by atomic mass is 10.0. The molecule has 0 saturated carbocycles. The molecule has 0 aliphatic rings. The first kappa shape index (κ1) is 13.5. The Morgan fingerprint density at radius 1 is 1.17 bits per heavy atom. The lowest BCUT2D eigenvalue weighted by Crippen LogP contribution is -2.30. The van der Waals surface area contributed by atoms with E-state index < -0.39 is 0 Å². The van der Waals surface area contributed by atoms with Gasteiger partial charge in [0.2, 0.25) is 17.0 Å². The third kappa shape index (κ3) is 1.98. The van der Waals surface area contributed by atoms with E-state index in [-0.39, 0.29) is 0 Å². The van der Waals surface area contributed by atoms with Crippen LogP contribution < -0.4 is 4.57 Å². The quantitative estimate of drug-likeness (QED) is 0.387. The number of nitrogens with zero attached hydrogens (tertiary/aromatic N) is 3. The fourth-order valence-corrected chi connectivity index (χ4v) is 2.96. The van der Waals surface area contributed by atoms with Crippen molar-refractivity contribution in [1.29, 1.82) is 0 Å². The van der Waals surface area contributed by atoms with Crippen molar-refractivity contribution in [3.8, 4) is 11.3 Å². The van der Waals surface area contributed by atoms with Crippen LogP contribution in [0.15, 0.2) is 53.2 Å². The second-order valence-corrected chi connectivity index (χ2v) is 5.59. The van der Waals surface area contributed by atoms with Crippen LogP contribution in [0.4, 0.5) is 5.69 Å². The first-order chi connectivity index (χ1) is 11.2. The molecule has 0 unspecified atom stereocenters. The van der Waals surface area contributed by atoms with E-state index >= 15 is 0 Å². The summed E-state index contributed by atoms with van der Waals surface area (Å²) in [7, 11) is 2.01. The minimum absolute atomic E-state index is 0.519. The summed E-state index contributed by atoms with van der Waals surface area (Å²) in [6.07, 6.45) is 3.56. The van der Waals surface area contributed by atoms with E-state index in [0.717, 1.165) is 27.6 Å². The number of aryl methyl sites for hydroxylation is 2. The summed E-state index contributed by atoms with van der Waals surface area (Å²) in [4.78, 5) is 7.75. The average Bonchev–Trinajstić information content (AvgIpc) is 2.93. The van der Waals surface area contributed by atoms with Gasteiger partial charge in [0.05, 0.1) is 12.1 Å². The summed E-state index contributed by atoms with van der Waals surface area (Å²) < 4.78 is 8.10. The van der Waals surface area contributed by atoms with Gasteiger partial charge in [0.1, 0.15) is 7.05 Å². The van der Waals surface area contributed by atoms with Crippen molar-refractivity contribution in [2.45, 2.75) is 6.92 Å². The van der Waals surface area contributed by atoms with Gasteiger partial charge in [-0.2, -0.15) is 4.57 Å². The van der Waals surface area contributed by atoms with Gasteiger partial charge >= 0.3 is 0 Å². The minimum Gasteiger partial charge on any atom is -0.431 e. The Morgan fingerprint density at radius 3 is 2.78 bits per heavy atom. The minimum atomic E-state index is 0.519. The van der Waals surface area contributed by atoms with Crippen LogP contribution >= 0.6 is 0 Å². The van der Waals surface area contributed by atoms with E-state index in [9.17, 15) is 0 Å². The van der Waals surface area contributed by atoms with Crippen molar-refractivity contribution >= 4 is 27.8 Å². The number of hydrogen-bond acceptors (Lipinski definition) is 2. The summed E-state index contributed by atoms with van der Waals surface area (Å²) in [5, 5.41) is 1.86. The number of hydrogen-bond donors (Lipinski definition) is 0. The van der Waals surface area contributed by atoms with E-state index in [0.29, 0.717) is 11.4 Å². The van der Waals surface area contributed by atoms with Gasteiger partial charge in [0.25, 0.3) is 5.69 Å². The van der Waals surface area contributed by atoms with Crippen LogP contribution in [0.2, 0.25) is 0 Å². The molecule has 110 valence electrons. The summed E-state index contributed by atoms with van der Waals surface area (Å²) in [5.41, 5.74) is 5.21. The van der Waals surface area contributed by atoms with Crippen LogP contribution in [0.1, 0.15) is 5.56 Å². The highest BCUT2D eigenvalue weighted by Gasteiger charge is 2.22. The van der Waals surface area contributed by atoms with Crippen LogP contribution in [-0.4, -0.2) is 4.98 Å². The maximum Gasteiger partial charge on any atom is 0.256 e. The molecule has 0 saturated heterocycles. The zero-order valence-corrected chi connectivity index (χ0v) is 12.9. The molecule has 4 aromatic rings. The highest BCUT2D eigenvalue weighted by atomic mass is 16.3.